The number of aromatic nitrogens is 2. The molecule has 1 N–H and O–H groups in total. The van der Waals surface area contributed by atoms with E-state index in [1.165, 1.54) is 30.5 Å². The molecule has 2 heterocycles. The Morgan fingerprint density at radius 2 is 2.09 bits per heavy atom. The second kappa shape index (κ2) is 6.27. The maximum atomic E-state index is 13.7. The number of nitrogens with one attached hydrogen (secondary N) is 1. The van der Waals surface area contributed by atoms with Gasteiger partial charge in [0.1, 0.15) is 18.1 Å². The molecule has 1 aromatic carbocycles. The lowest BCUT2D eigenvalue weighted by molar-refractivity contribution is 0.0464. The highest BCUT2D eigenvalue weighted by Crippen LogP contribution is 2.23. The molecule has 0 spiro atoms. The number of ether oxygens (including phenoxy) is 1. The number of halogens is 1. The molecule has 0 radical (unpaired) electrons. The van der Waals surface area contributed by atoms with E-state index in [1.54, 1.807) is 18.2 Å². The number of benzene rings is 1. The Morgan fingerprint density at radius 1 is 1.26 bits per heavy atom. The van der Waals surface area contributed by atoms with Crippen molar-refractivity contribution in [2.75, 3.05) is 0 Å². The first-order valence-electron chi connectivity index (χ1n) is 6.70. The Bertz CT molecular complexity index is 880. The molecule has 2 aromatic heterocycles. The Hall–Kier alpha value is -3.22. The minimum Gasteiger partial charge on any atom is -0.455 e. The van der Waals surface area contributed by atoms with Crippen LogP contribution in [0.25, 0.3) is 11.3 Å². The van der Waals surface area contributed by atoms with Crippen LogP contribution in [-0.4, -0.2) is 16.1 Å². The van der Waals surface area contributed by atoms with Crippen molar-refractivity contribution >= 4 is 5.97 Å². The first kappa shape index (κ1) is 14.7. The largest absolute Gasteiger partial charge is 0.455 e. The highest BCUT2D eigenvalue weighted by molar-refractivity contribution is 5.88. The van der Waals surface area contributed by atoms with E-state index in [4.69, 9.17) is 9.26 Å². The Morgan fingerprint density at radius 3 is 2.83 bits per heavy atom. The second-order valence-electron chi connectivity index (χ2n) is 4.68. The predicted molar refractivity (Wildman–Crippen MR) is 78.1 cm³/mol. The third-order valence-corrected chi connectivity index (χ3v) is 3.07. The number of carbonyl (C=O) groups excluding carboxylic acids is 1. The lowest BCUT2D eigenvalue weighted by Gasteiger charge is -2.01. The molecule has 0 atom stereocenters. The fourth-order valence-electron chi connectivity index (χ4n) is 1.93. The van der Waals surface area contributed by atoms with Crippen molar-refractivity contribution in [3.63, 3.8) is 0 Å². The molecule has 0 bridgehead atoms. The molecule has 0 aliphatic heterocycles. The van der Waals surface area contributed by atoms with Gasteiger partial charge in [-0.15, -0.1) is 0 Å². The van der Waals surface area contributed by atoms with Gasteiger partial charge in [-0.25, -0.2) is 9.18 Å². The minimum absolute atomic E-state index is 0.129. The van der Waals surface area contributed by atoms with Gasteiger partial charge in [-0.05, 0) is 18.2 Å². The van der Waals surface area contributed by atoms with Crippen molar-refractivity contribution in [1.29, 1.82) is 0 Å². The predicted octanol–water partition coefficient (Wildman–Crippen LogP) is 2.53. The molecule has 0 saturated carbocycles. The molecule has 0 aliphatic carbocycles. The summed E-state index contributed by atoms with van der Waals surface area (Å²) in [4.78, 5) is 25.1. The molecule has 116 valence electrons. The maximum Gasteiger partial charge on any atom is 0.340 e. The fourth-order valence-corrected chi connectivity index (χ4v) is 1.93. The van der Waals surface area contributed by atoms with Gasteiger partial charge in [0.25, 0.3) is 0 Å². The van der Waals surface area contributed by atoms with Crippen molar-refractivity contribution < 1.29 is 18.4 Å². The lowest BCUT2D eigenvalue weighted by Crippen LogP contribution is -2.09. The van der Waals surface area contributed by atoms with Crippen molar-refractivity contribution in [2.45, 2.75) is 6.61 Å². The first-order chi connectivity index (χ1) is 11.1. The number of nitrogens with zero attached hydrogens (tertiary/aromatic N) is 1. The van der Waals surface area contributed by atoms with Crippen LogP contribution in [0.15, 0.2) is 58.0 Å². The third-order valence-electron chi connectivity index (χ3n) is 3.07. The summed E-state index contributed by atoms with van der Waals surface area (Å²) in [6.07, 6.45) is 1.26. The quantitative estimate of drug-likeness (QED) is 0.748. The molecule has 7 heteroatoms. The zero-order chi connectivity index (χ0) is 16.2. The van der Waals surface area contributed by atoms with Crippen LogP contribution in [0.5, 0.6) is 0 Å². The van der Waals surface area contributed by atoms with E-state index in [1.807, 2.05) is 0 Å². The summed E-state index contributed by atoms with van der Waals surface area (Å²) in [7, 11) is 0. The molecule has 3 rings (SSSR count). The summed E-state index contributed by atoms with van der Waals surface area (Å²) < 4.78 is 23.8. The van der Waals surface area contributed by atoms with E-state index < -0.39 is 11.8 Å². The van der Waals surface area contributed by atoms with Crippen LogP contribution in [0.4, 0.5) is 4.39 Å². The lowest BCUT2D eigenvalue weighted by atomic mass is 10.1. The number of carbonyl (C=O) groups is 1. The number of H-pyrrole nitrogens is 1. The molecular weight excluding hydrogens is 303 g/mol. The van der Waals surface area contributed by atoms with Gasteiger partial charge in [-0.3, -0.25) is 4.79 Å². The summed E-state index contributed by atoms with van der Waals surface area (Å²) in [6, 6.07) is 10.2. The van der Waals surface area contributed by atoms with Gasteiger partial charge >= 0.3 is 5.97 Å². The minimum atomic E-state index is -0.614. The molecular formula is C16H11FN2O4. The number of rotatable bonds is 4. The highest BCUT2D eigenvalue weighted by atomic mass is 19.1. The van der Waals surface area contributed by atoms with Crippen molar-refractivity contribution in [3.05, 3.63) is 76.1 Å². The van der Waals surface area contributed by atoms with E-state index in [0.29, 0.717) is 5.69 Å². The highest BCUT2D eigenvalue weighted by Gasteiger charge is 2.13. The number of esters is 1. The van der Waals surface area contributed by atoms with E-state index in [0.717, 1.165) is 0 Å². The zero-order valence-corrected chi connectivity index (χ0v) is 11.8. The molecule has 0 fully saturated rings. The van der Waals surface area contributed by atoms with Crippen molar-refractivity contribution in [2.24, 2.45) is 0 Å². The fraction of sp³-hybridized carbons (Fsp3) is 0.0625. The summed E-state index contributed by atoms with van der Waals surface area (Å²) in [5.74, 6) is -0.796. The van der Waals surface area contributed by atoms with Crippen LogP contribution >= 0.6 is 0 Å². The van der Waals surface area contributed by atoms with Crippen LogP contribution in [0, 0.1) is 5.82 Å². The van der Waals surface area contributed by atoms with Gasteiger partial charge in [-0.1, -0.05) is 17.3 Å². The van der Waals surface area contributed by atoms with Crippen molar-refractivity contribution in [3.8, 4) is 11.3 Å². The van der Waals surface area contributed by atoms with Gasteiger partial charge in [-0.2, -0.15) is 0 Å². The second-order valence-corrected chi connectivity index (χ2v) is 4.68. The van der Waals surface area contributed by atoms with Crippen LogP contribution < -0.4 is 5.56 Å². The normalized spacial score (nSPS) is 10.5. The van der Waals surface area contributed by atoms with Crippen LogP contribution in [0.3, 0.4) is 0 Å². The Labute approximate surface area is 129 Å². The van der Waals surface area contributed by atoms with Gasteiger partial charge in [0.05, 0.1) is 11.1 Å². The third kappa shape index (κ3) is 3.34. The smallest absolute Gasteiger partial charge is 0.340 e. The summed E-state index contributed by atoms with van der Waals surface area (Å²) in [6.45, 7) is -0.129. The molecule has 3 aromatic rings. The average molecular weight is 314 g/mol. The molecule has 0 aliphatic rings. The maximum absolute atomic E-state index is 13.7. The van der Waals surface area contributed by atoms with Crippen LogP contribution in [-0.2, 0) is 11.3 Å². The SMILES string of the molecule is O=C(OCc1cc(-c2ccccc2F)on1)c1ccc(=O)[nH]c1. The number of hydrogen-bond donors (Lipinski definition) is 1. The van der Waals surface area contributed by atoms with Gasteiger partial charge in [0.2, 0.25) is 5.56 Å². The Balaban J connectivity index is 1.68. The van der Waals surface area contributed by atoms with Gasteiger partial charge in [0, 0.05) is 18.3 Å². The Kier molecular flexibility index (Phi) is 4.01. The standard InChI is InChI=1S/C16H11FN2O4/c17-13-4-2-1-3-12(13)14-7-11(19-23-14)9-22-16(21)10-5-6-15(20)18-8-10/h1-8H,9H2,(H,18,20). The van der Waals surface area contributed by atoms with Gasteiger partial charge < -0.3 is 14.2 Å². The number of hydrogen-bond acceptors (Lipinski definition) is 5. The van der Waals surface area contributed by atoms with Crippen LogP contribution in [0.2, 0.25) is 0 Å². The topological polar surface area (TPSA) is 85.2 Å². The molecule has 0 saturated heterocycles. The van der Waals surface area contributed by atoms with E-state index >= 15 is 0 Å². The van der Waals surface area contributed by atoms with E-state index in [9.17, 15) is 14.0 Å². The number of pyridine rings is 1. The first-order valence-corrected chi connectivity index (χ1v) is 6.70. The molecule has 0 unspecified atom stereocenters. The monoisotopic (exact) mass is 314 g/mol. The van der Waals surface area contributed by atoms with Crippen LogP contribution in [0.1, 0.15) is 16.1 Å². The molecule has 6 nitrogen and oxygen atoms in total. The zero-order valence-electron chi connectivity index (χ0n) is 11.8. The summed E-state index contributed by atoms with van der Waals surface area (Å²) in [5.41, 5.74) is 0.522. The van der Waals surface area contributed by atoms with E-state index in [-0.39, 0.29) is 29.1 Å². The molecule has 0 amide bonds. The van der Waals surface area contributed by atoms with Crippen molar-refractivity contribution in [1.82, 2.24) is 10.1 Å². The summed E-state index contributed by atoms with van der Waals surface area (Å²) in [5, 5.41) is 3.74. The summed E-state index contributed by atoms with van der Waals surface area (Å²) >= 11 is 0. The van der Waals surface area contributed by atoms with Gasteiger partial charge in [0.15, 0.2) is 5.76 Å². The average Bonchev–Trinajstić information content (AvgIpc) is 3.02. The van der Waals surface area contributed by atoms with E-state index in [2.05, 4.69) is 10.1 Å². The molecule has 23 heavy (non-hydrogen) atoms. The number of aromatic amines is 1.